The van der Waals surface area contributed by atoms with Crippen molar-refractivity contribution in [2.24, 2.45) is 18.0 Å². The van der Waals surface area contributed by atoms with Crippen molar-refractivity contribution in [3.63, 3.8) is 0 Å². The molecule has 0 saturated carbocycles. The summed E-state index contributed by atoms with van der Waals surface area (Å²) < 4.78 is 7.69. The first-order valence-corrected chi connectivity index (χ1v) is 9.97. The lowest BCUT2D eigenvalue weighted by atomic mass is 10.0. The number of nitrogens with zero attached hydrogens (tertiary/aromatic N) is 4. The number of ether oxygens (including phenoxy) is 1. The van der Waals surface area contributed by atoms with E-state index in [1.807, 2.05) is 18.5 Å². The first kappa shape index (κ1) is 24.1. The molecule has 0 radical (unpaired) electrons. The first-order chi connectivity index (χ1) is 12.5. The predicted molar refractivity (Wildman–Crippen MR) is 121 cm³/mol. The monoisotopic (exact) mass is 492 g/mol. The molecule has 2 unspecified atom stereocenters. The van der Waals surface area contributed by atoms with Crippen LogP contribution in [-0.2, 0) is 18.3 Å². The molecule has 1 aromatic heterocycles. The van der Waals surface area contributed by atoms with Crippen molar-refractivity contribution in [2.45, 2.75) is 78.5 Å². The third kappa shape index (κ3) is 8.76. The number of hydrogen-bond donors (Lipinski definition) is 2. The fraction of sp³-hybridized carbons (Fsp3) is 0.842. The summed E-state index contributed by atoms with van der Waals surface area (Å²) in [5, 5.41) is 15.3. The van der Waals surface area contributed by atoms with Crippen LogP contribution >= 0.6 is 24.0 Å². The van der Waals surface area contributed by atoms with Gasteiger partial charge in [0, 0.05) is 26.2 Å². The minimum Gasteiger partial charge on any atom is -0.376 e. The normalized spacial score (nSPS) is 18.4. The van der Waals surface area contributed by atoms with Crippen LogP contribution in [0.5, 0.6) is 0 Å². The van der Waals surface area contributed by atoms with Crippen LogP contribution < -0.4 is 10.6 Å². The molecule has 1 aliphatic heterocycles. The Kier molecular flexibility index (Phi) is 11.2. The van der Waals surface area contributed by atoms with Crippen LogP contribution in [0.25, 0.3) is 0 Å². The number of guanidine groups is 1. The summed E-state index contributed by atoms with van der Waals surface area (Å²) >= 11 is 0. The van der Waals surface area contributed by atoms with Gasteiger partial charge in [-0.1, -0.05) is 26.7 Å². The highest BCUT2D eigenvalue weighted by molar-refractivity contribution is 14.0. The molecule has 2 rings (SSSR count). The third-order valence-electron chi connectivity index (χ3n) is 4.88. The van der Waals surface area contributed by atoms with Gasteiger partial charge in [0.05, 0.1) is 6.10 Å². The fourth-order valence-electron chi connectivity index (χ4n) is 3.04. The number of hydrogen-bond acceptors (Lipinski definition) is 4. The molecule has 0 bridgehead atoms. The molecule has 1 saturated heterocycles. The van der Waals surface area contributed by atoms with E-state index >= 15 is 0 Å². The van der Waals surface area contributed by atoms with Gasteiger partial charge in [0.15, 0.2) is 11.8 Å². The van der Waals surface area contributed by atoms with E-state index in [1.54, 1.807) is 0 Å². The van der Waals surface area contributed by atoms with Crippen LogP contribution in [0.1, 0.15) is 64.5 Å². The van der Waals surface area contributed by atoms with Gasteiger partial charge in [-0.3, -0.25) is 0 Å². The lowest BCUT2D eigenvalue weighted by Gasteiger charge is -2.20. The third-order valence-corrected chi connectivity index (χ3v) is 4.88. The van der Waals surface area contributed by atoms with Gasteiger partial charge in [-0.2, -0.15) is 0 Å². The summed E-state index contributed by atoms with van der Waals surface area (Å²) in [5.41, 5.74) is 0. The Labute approximate surface area is 181 Å². The van der Waals surface area contributed by atoms with Crippen LogP contribution in [0.3, 0.4) is 0 Å². The Morgan fingerprint density at radius 2 is 2.07 bits per heavy atom. The Balaban J connectivity index is 0.00000364. The molecule has 2 N–H and O–H groups in total. The van der Waals surface area contributed by atoms with Crippen molar-refractivity contribution in [3.8, 4) is 0 Å². The number of aliphatic imine (C=N–C) groups is 1. The molecule has 1 fully saturated rings. The predicted octanol–water partition coefficient (Wildman–Crippen LogP) is 3.17. The van der Waals surface area contributed by atoms with Gasteiger partial charge in [0.2, 0.25) is 0 Å². The smallest absolute Gasteiger partial charge is 0.192 e. The molecule has 0 spiro atoms. The van der Waals surface area contributed by atoms with Gasteiger partial charge in [-0.15, -0.1) is 34.2 Å². The molecular formula is C19H37IN6O. The number of rotatable bonds is 9. The highest BCUT2D eigenvalue weighted by Crippen LogP contribution is 2.11. The molecule has 0 amide bonds. The molecule has 0 aliphatic carbocycles. The Hall–Kier alpha value is -0.900. The summed E-state index contributed by atoms with van der Waals surface area (Å²) in [6.45, 7) is 10.9. The van der Waals surface area contributed by atoms with Crippen LogP contribution in [0.15, 0.2) is 4.99 Å². The van der Waals surface area contributed by atoms with Gasteiger partial charge in [0.1, 0.15) is 12.4 Å². The van der Waals surface area contributed by atoms with E-state index in [1.165, 1.54) is 12.8 Å². The second-order valence-electron chi connectivity index (χ2n) is 7.77. The second-order valence-corrected chi connectivity index (χ2v) is 7.77. The maximum absolute atomic E-state index is 5.71. The van der Waals surface area contributed by atoms with E-state index < -0.39 is 0 Å². The van der Waals surface area contributed by atoms with Gasteiger partial charge in [-0.05, 0) is 39.0 Å². The Bertz CT molecular complexity index is 569. The Morgan fingerprint density at radius 1 is 1.30 bits per heavy atom. The van der Waals surface area contributed by atoms with Gasteiger partial charge >= 0.3 is 0 Å². The summed E-state index contributed by atoms with van der Waals surface area (Å²) in [6, 6.07) is 0.380. The number of halogens is 1. The van der Waals surface area contributed by atoms with Crippen LogP contribution in [0.2, 0.25) is 0 Å². The van der Waals surface area contributed by atoms with Crippen molar-refractivity contribution < 1.29 is 4.74 Å². The van der Waals surface area contributed by atoms with E-state index in [9.17, 15) is 0 Å². The van der Waals surface area contributed by atoms with E-state index in [2.05, 4.69) is 41.6 Å². The average Bonchev–Trinajstić information content (AvgIpc) is 3.21. The molecule has 0 aromatic carbocycles. The molecule has 2 atom stereocenters. The van der Waals surface area contributed by atoms with Crippen molar-refractivity contribution in [3.05, 3.63) is 11.6 Å². The van der Waals surface area contributed by atoms with Crippen LogP contribution in [0.4, 0.5) is 0 Å². The highest BCUT2D eigenvalue weighted by atomic mass is 127. The number of nitrogens with one attached hydrogen (secondary N) is 2. The lowest BCUT2D eigenvalue weighted by Crippen LogP contribution is -2.44. The van der Waals surface area contributed by atoms with Gasteiger partial charge < -0.3 is 19.9 Å². The van der Waals surface area contributed by atoms with E-state index in [0.717, 1.165) is 55.9 Å². The van der Waals surface area contributed by atoms with Crippen LogP contribution in [-0.4, -0.2) is 46.0 Å². The van der Waals surface area contributed by atoms with Gasteiger partial charge in [-0.25, -0.2) is 4.99 Å². The number of aryl methyl sites for hydroxylation is 1. The minimum absolute atomic E-state index is 0. The summed E-state index contributed by atoms with van der Waals surface area (Å²) in [4.78, 5) is 4.73. The van der Waals surface area contributed by atoms with Gasteiger partial charge in [0.25, 0.3) is 0 Å². The SMILES string of the molecule is Cc1nnc(CN=C(NCC2CCCO2)NC(C)CCCC(C)C)n1C.I. The lowest BCUT2D eigenvalue weighted by molar-refractivity contribution is 0.113. The zero-order valence-electron chi connectivity index (χ0n) is 17.5. The standard InChI is InChI=1S/C19H36N6O.HI/c1-14(2)8-6-9-15(3)22-19(20-12-17-10-7-11-26-17)21-13-18-24-23-16(4)25(18)5;/h14-15,17H,6-13H2,1-5H3,(H2,20,21,22);1H. The molecule has 156 valence electrons. The molecule has 1 aliphatic rings. The molecular weight excluding hydrogens is 455 g/mol. The fourth-order valence-corrected chi connectivity index (χ4v) is 3.04. The molecule has 27 heavy (non-hydrogen) atoms. The maximum atomic E-state index is 5.71. The summed E-state index contributed by atoms with van der Waals surface area (Å²) in [7, 11) is 1.97. The zero-order chi connectivity index (χ0) is 18.9. The van der Waals surface area contributed by atoms with E-state index in [0.29, 0.717) is 12.6 Å². The van der Waals surface area contributed by atoms with Crippen LogP contribution in [0, 0.1) is 12.8 Å². The number of aromatic nitrogens is 3. The van der Waals surface area contributed by atoms with E-state index in [-0.39, 0.29) is 30.1 Å². The van der Waals surface area contributed by atoms with Crippen molar-refractivity contribution in [1.29, 1.82) is 0 Å². The quantitative estimate of drug-likeness (QED) is 0.315. The topological polar surface area (TPSA) is 76.4 Å². The Morgan fingerprint density at radius 3 is 2.67 bits per heavy atom. The van der Waals surface area contributed by atoms with Crippen molar-refractivity contribution in [2.75, 3.05) is 13.2 Å². The minimum atomic E-state index is 0. The van der Waals surface area contributed by atoms with Crippen molar-refractivity contribution >= 4 is 29.9 Å². The van der Waals surface area contributed by atoms with Crippen molar-refractivity contribution in [1.82, 2.24) is 25.4 Å². The highest BCUT2D eigenvalue weighted by Gasteiger charge is 2.16. The zero-order valence-corrected chi connectivity index (χ0v) is 19.8. The van der Waals surface area contributed by atoms with E-state index in [4.69, 9.17) is 9.73 Å². The maximum Gasteiger partial charge on any atom is 0.192 e. The summed E-state index contributed by atoms with van der Waals surface area (Å²) in [6.07, 6.45) is 6.19. The first-order valence-electron chi connectivity index (χ1n) is 9.97. The largest absolute Gasteiger partial charge is 0.376 e. The molecule has 7 nitrogen and oxygen atoms in total. The second kappa shape index (κ2) is 12.5. The average molecular weight is 492 g/mol. The summed E-state index contributed by atoms with van der Waals surface area (Å²) in [5.74, 6) is 3.36. The molecule has 8 heteroatoms. The molecule has 1 aromatic rings. The molecule has 2 heterocycles.